The van der Waals surface area contributed by atoms with Crippen LogP contribution < -0.4 is 0 Å². The molecule has 0 aromatic carbocycles. The fraction of sp³-hybridized carbons (Fsp3) is 1.00. The highest BCUT2D eigenvalue weighted by Crippen LogP contribution is 2.07. The van der Waals surface area contributed by atoms with Crippen LogP contribution in [0, 0.1) is 0 Å². The van der Waals surface area contributed by atoms with Crippen molar-refractivity contribution in [2.24, 2.45) is 0 Å². The summed E-state index contributed by atoms with van der Waals surface area (Å²) in [6.45, 7) is 1.65. The Morgan fingerprint density at radius 1 is 1.62 bits per heavy atom. The van der Waals surface area contributed by atoms with E-state index in [1.165, 1.54) is 4.90 Å². The summed E-state index contributed by atoms with van der Waals surface area (Å²) in [6, 6.07) is 0. The van der Waals surface area contributed by atoms with Crippen molar-refractivity contribution in [2.45, 2.75) is 19.3 Å². The molecule has 0 spiro atoms. The Morgan fingerprint density at radius 2 is 2.00 bits per heavy atom. The van der Waals surface area contributed by atoms with Gasteiger partial charge < -0.3 is 5.11 Å². The molecule has 1 atom stereocenters. The van der Waals surface area contributed by atoms with Crippen molar-refractivity contribution in [2.75, 3.05) is 14.1 Å². The van der Waals surface area contributed by atoms with E-state index in [1.807, 2.05) is 0 Å². The third-order valence-electron chi connectivity index (χ3n) is 1.16. The molecule has 0 aliphatic rings. The molecular formula is C5H12NO2. The van der Waals surface area contributed by atoms with Crippen molar-refractivity contribution in [3.63, 3.8) is 0 Å². The zero-order chi connectivity index (χ0) is 6.78. The van der Waals surface area contributed by atoms with Crippen molar-refractivity contribution < 1.29 is 10.2 Å². The minimum absolute atomic E-state index is 0.208. The molecule has 0 aromatic rings. The molecule has 0 aliphatic carbocycles. The second kappa shape index (κ2) is 2.44. The standard InChI is InChI=1S/C5H12NO2/c1-4-5(7,8)6(2)3/h7H,4H2,1-3H3. The second-order valence-electron chi connectivity index (χ2n) is 1.99. The molecule has 1 radical (unpaired) electrons. The smallest absolute Gasteiger partial charge is 0.257 e. The maximum Gasteiger partial charge on any atom is 0.257 e. The molecule has 0 rings (SSSR count). The van der Waals surface area contributed by atoms with Crippen LogP contribution in [0.1, 0.15) is 13.3 Å². The highest BCUT2D eigenvalue weighted by molar-refractivity contribution is 4.54. The largest absolute Gasteiger partial charge is 0.351 e. The molecule has 49 valence electrons. The highest BCUT2D eigenvalue weighted by atomic mass is 16.5. The Labute approximate surface area is 49.5 Å². The maximum atomic E-state index is 10.7. The fourth-order valence-electron chi connectivity index (χ4n) is 0.316. The predicted molar refractivity (Wildman–Crippen MR) is 29.6 cm³/mol. The van der Waals surface area contributed by atoms with Gasteiger partial charge in [0, 0.05) is 6.42 Å². The number of aliphatic hydroxyl groups is 1. The Hall–Kier alpha value is -0.120. The van der Waals surface area contributed by atoms with Crippen LogP contribution in [0.5, 0.6) is 0 Å². The zero-order valence-corrected chi connectivity index (χ0v) is 5.51. The average Bonchev–Trinajstić information content (AvgIpc) is 1.67. The van der Waals surface area contributed by atoms with Crippen LogP contribution in [-0.2, 0) is 5.11 Å². The predicted octanol–water partition coefficient (Wildman–Crippen LogP) is 0.0346. The number of nitrogens with zero attached hydrogens (tertiary/aromatic N) is 1. The topological polar surface area (TPSA) is 43.4 Å². The van der Waals surface area contributed by atoms with E-state index in [9.17, 15) is 5.11 Å². The van der Waals surface area contributed by atoms with Gasteiger partial charge in [-0.15, -0.1) is 0 Å². The summed E-state index contributed by atoms with van der Waals surface area (Å²) < 4.78 is 0. The van der Waals surface area contributed by atoms with Crippen LogP contribution in [0.3, 0.4) is 0 Å². The van der Waals surface area contributed by atoms with Gasteiger partial charge in [-0.3, -0.25) is 4.90 Å². The van der Waals surface area contributed by atoms with E-state index in [1.54, 1.807) is 21.0 Å². The molecule has 0 bridgehead atoms. The lowest BCUT2D eigenvalue weighted by molar-refractivity contribution is -0.286. The van der Waals surface area contributed by atoms with E-state index in [2.05, 4.69) is 0 Å². The molecular weight excluding hydrogens is 106 g/mol. The van der Waals surface area contributed by atoms with Crippen LogP contribution in [0.2, 0.25) is 0 Å². The third-order valence-corrected chi connectivity index (χ3v) is 1.16. The zero-order valence-electron chi connectivity index (χ0n) is 5.51. The Balaban J connectivity index is 3.71. The van der Waals surface area contributed by atoms with Gasteiger partial charge >= 0.3 is 0 Å². The Kier molecular flexibility index (Phi) is 2.40. The lowest BCUT2D eigenvalue weighted by atomic mass is 10.3. The molecule has 8 heavy (non-hydrogen) atoms. The summed E-state index contributed by atoms with van der Waals surface area (Å²) in [7, 11) is 3.10. The van der Waals surface area contributed by atoms with E-state index in [-0.39, 0.29) is 6.42 Å². The first-order valence-corrected chi connectivity index (χ1v) is 2.61. The van der Waals surface area contributed by atoms with Gasteiger partial charge in [0.1, 0.15) is 0 Å². The van der Waals surface area contributed by atoms with E-state index in [0.717, 1.165) is 0 Å². The normalized spacial score (nSPS) is 12.8. The monoisotopic (exact) mass is 118 g/mol. The molecule has 0 saturated carbocycles. The van der Waals surface area contributed by atoms with Gasteiger partial charge in [-0.25, -0.2) is 0 Å². The summed E-state index contributed by atoms with van der Waals surface area (Å²) in [5.74, 6) is -1.88. The number of hydrogen-bond acceptors (Lipinski definition) is 2. The van der Waals surface area contributed by atoms with Gasteiger partial charge in [0.25, 0.3) is 5.91 Å². The van der Waals surface area contributed by atoms with E-state index >= 15 is 0 Å². The SMILES string of the molecule is CCC([O])(O)N(C)C. The lowest BCUT2D eigenvalue weighted by Gasteiger charge is -2.24. The number of rotatable bonds is 2. The highest BCUT2D eigenvalue weighted by Gasteiger charge is 2.24. The van der Waals surface area contributed by atoms with Crippen LogP contribution in [0.4, 0.5) is 0 Å². The first-order chi connectivity index (χ1) is 3.50. The molecule has 0 saturated heterocycles. The maximum absolute atomic E-state index is 10.7. The van der Waals surface area contributed by atoms with Gasteiger partial charge in [0.15, 0.2) is 0 Å². The quantitative estimate of drug-likeness (QED) is 0.520. The fourth-order valence-corrected chi connectivity index (χ4v) is 0.316. The first kappa shape index (κ1) is 7.88. The summed E-state index contributed by atoms with van der Waals surface area (Å²) in [5, 5.41) is 19.4. The molecule has 0 fully saturated rings. The molecule has 0 aliphatic heterocycles. The lowest BCUT2D eigenvalue weighted by Crippen LogP contribution is -2.41. The van der Waals surface area contributed by atoms with Gasteiger partial charge in [-0.2, -0.15) is 5.11 Å². The summed E-state index contributed by atoms with van der Waals surface area (Å²) in [6.07, 6.45) is 0.208. The molecule has 0 amide bonds. The Morgan fingerprint density at radius 3 is 2.00 bits per heavy atom. The van der Waals surface area contributed by atoms with Crippen molar-refractivity contribution in [3.8, 4) is 0 Å². The molecule has 3 heteroatoms. The molecule has 1 unspecified atom stereocenters. The van der Waals surface area contributed by atoms with E-state index in [0.29, 0.717) is 0 Å². The van der Waals surface area contributed by atoms with E-state index < -0.39 is 5.91 Å². The summed E-state index contributed by atoms with van der Waals surface area (Å²) >= 11 is 0. The van der Waals surface area contributed by atoms with Gasteiger partial charge in [0.2, 0.25) is 0 Å². The van der Waals surface area contributed by atoms with Crippen LogP contribution in [-0.4, -0.2) is 30.0 Å². The van der Waals surface area contributed by atoms with Crippen molar-refractivity contribution in [1.29, 1.82) is 0 Å². The van der Waals surface area contributed by atoms with Gasteiger partial charge in [-0.05, 0) is 14.1 Å². The first-order valence-electron chi connectivity index (χ1n) is 2.61. The third kappa shape index (κ3) is 1.78. The summed E-state index contributed by atoms with van der Waals surface area (Å²) in [4.78, 5) is 1.24. The van der Waals surface area contributed by atoms with Gasteiger partial charge in [0.05, 0.1) is 0 Å². The van der Waals surface area contributed by atoms with Gasteiger partial charge in [-0.1, -0.05) is 6.92 Å². The van der Waals surface area contributed by atoms with Crippen LogP contribution in [0.25, 0.3) is 0 Å². The summed E-state index contributed by atoms with van der Waals surface area (Å²) in [5.41, 5.74) is 0. The van der Waals surface area contributed by atoms with Crippen molar-refractivity contribution in [1.82, 2.24) is 4.90 Å². The minimum Gasteiger partial charge on any atom is -0.351 e. The van der Waals surface area contributed by atoms with Crippen molar-refractivity contribution in [3.05, 3.63) is 0 Å². The van der Waals surface area contributed by atoms with Crippen LogP contribution in [0.15, 0.2) is 0 Å². The molecule has 0 heterocycles. The second-order valence-corrected chi connectivity index (χ2v) is 1.99. The molecule has 1 N–H and O–H groups in total. The van der Waals surface area contributed by atoms with Crippen molar-refractivity contribution >= 4 is 0 Å². The van der Waals surface area contributed by atoms with Crippen LogP contribution >= 0.6 is 0 Å². The molecule has 0 aromatic heterocycles. The minimum atomic E-state index is -1.88. The number of hydrogen-bond donors (Lipinski definition) is 1. The molecule has 3 nitrogen and oxygen atoms in total. The average molecular weight is 118 g/mol. The Bertz CT molecular complexity index is 70.8. The van der Waals surface area contributed by atoms with E-state index in [4.69, 9.17) is 5.11 Å².